The van der Waals surface area contributed by atoms with Gasteiger partial charge in [-0.25, -0.2) is 0 Å². The zero-order valence-corrected chi connectivity index (χ0v) is 8.38. The van der Waals surface area contributed by atoms with Gasteiger partial charge < -0.3 is 10.4 Å². The van der Waals surface area contributed by atoms with E-state index in [0.717, 1.165) is 25.3 Å². The first-order chi connectivity index (χ1) is 5.59. The molecular formula is C10H21NO. The number of nitrogens with one attached hydrogen (secondary N) is 1. The van der Waals surface area contributed by atoms with Gasteiger partial charge in [0.15, 0.2) is 0 Å². The molecule has 0 bridgehead atoms. The van der Waals surface area contributed by atoms with Gasteiger partial charge in [0.1, 0.15) is 0 Å². The van der Waals surface area contributed by atoms with E-state index >= 15 is 0 Å². The lowest BCUT2D eigenvalue weighted by Crippen LogP contribution is -2.40. The first-order valence-corrected chi connectivity index (χ1v) is 5.01. The molecule has 1 saturated carbocycles. The molecule has 1 fully saturated rings. The summed E-state index contributed by atoms with van der Waals surface area (Å²) in [7, 11) is 0. The van der Waals surface area contributed by atoms with E-state index in [1.807, 2.05) is 0 Å². The number of aliphatic hydroxyl groups excluding tert-OH is 1. The molecule has 1 unspecified atom stereocenters. The molecule has 0 aromatic heterocycles. The van der Waals surface area contributed by atoms with Gasteiger partial charge in [-0.2, -0.15) is 0 Å². The molecule has 0 heterocycles. The lowest BCUT2D eigenvalue weighted by Gasteiger charge is -2.33. The van der Waals surface area contributed by atoms with Crippen molar-refractivity contribution in [2.75, 3.05) is 6.54 Å². The van der Waals surface area contributed by atoms with Gasteiger partial charge in [0, 0.05) is 6.04 Å². The number of hydrogen-bond donors (Lipinski definition) is 2. The maximum absolute atomic E-state index is 9.06. The fraction of sp³-hybridized carbons (Fsp3) is 1.00. The molecule has 0 amide bonds. The number of aliphatic hydroxyl groups is 1. The highest BCUT2D eigenvalue weighted by Gasteiger charge is 2.26. The molecule has 1 rings (SSSR count). The highest BCUT2D eigenvalue weighted by Crippen LogP contribution is 2.26. The SMILES string of the molecule is CC(C)C(C)NCC1CC(O)C1. The summed E-state index contributed by atoms with van der Waals surface area (Å²) in [6, 6.07) is 0.600. The van der Waals surface area contributed by atoms with Crippen LogP contribution in [-0.4, -0.2) is 23.8 Å². The van der Waals surface area contributed by atoms with Crippen molar-refractivity contribution >= 4 is 0 Å². The fourth-order valence-electron chi connectivity index (χ4n) is 1.46. The topological polar surface area (TPSA) is 32.3 Å². The number of rotatable bonds is 4. The molecular weight excluding hydrogens is 150 g/mol. The van der Waals surface area contributed by atoms with Crippen molar-refractivity contribution in [1.29, 1.82) is 0 Å². The first-order valence-electron chi connectivity index (χ1n) is 5.01. The van der Waals surface area contributed by atoms with E-state index < -0.39 is 0 Å². The van der Waals surface area contributed by atoms with E-state index in [1.165, 1.54) is 0 Å². The van der Waals surface area contributed by atoms with Gasteiger partial charge in [0.2, 0.25) is 0 Å². The van der Waals surface area contributed by atoms with E-state index in [-0.39, 0.29) is 6.10 Å². The van der Waals surface area contributed by atoms with E-state index in [0.29, 0.717) is 12.0 Å². The Morgan fingerprint density at radius 3 is 2.33 bits per heavy atom. The Morgan fingerprint density at radius 2 is 1.92 bits per heavy atom. The van der Waals surface area contributed by atoms with Crippen molar-refractivity contribution in [1.82, 2.24) is 5.32 Å². The summed E-state index contributed by atoms with van der Waals surface area (Å²) in [6.45, 7) is 7.76. The molecule has 2 nitrogen and oxygen atoms in total. The highest BCUT2D eigenvalue weighted by atomic mass is 16.3. The molecule has 0 aromatic rings. The van der Waals surface area contributed by atoms with Crippen LogP contribution in [0.5, 0.6) is 0 Å². The molecule has 1 aliphatic carbocycles. The second-order valence-corrected chi connectivity index (χ2v) is 4.43. The van der Waals surface area contributed by atoms with Crippen molar-refractivity contribution in [2.45, 2.75) is 45.8 Å². The monoisotopic (exact) mass is 171 g/mol. The predicted octanol–water partition coefficient (Wildman–Crippen LogP) is 1.39. The lowest BCUT2D eigenvalue weighted by atomic mass is 9.82. The molecule has 0 saturated heterocycles. The minimum absolute atomic E-state index is 0.00819. The molecule has 0 radical (unpaired) electrons. The normalized spacial score (nSPS) is 31.8. The van der Waals surface area contributed by atoms with Crippen molar-refractivity contribution in [3.05, 3.63) is 0 Å². The third-order valence-electron chi connectivity index (χ3n) is 2.94. The second-order valence-electron chi connectivity index (χ2n) is 4.43. The summed E-state index contributed by atoms with van der Waals surface area (Å²) in [4.78, 5) is 0. The molecule has 1 atom stereocenters. The summed E-state index contributed by atoms with van der Waals surface area (Å²) in [5.41, 5.74) is 0. The van der Waals surface area contributed by atoms with Gasteiger partial charge >= 0.3 is 0 Å². The maximum Gasteiger partial charge on any atom is 0.0546 e. The Bertz CT molecular complexity index is 130. The van der Waals surface area contributed by atoms with Gasteiger partial charge in [-0.05, 0) is 38.1 Å². The largest absolute Gasteiger partial charge is 0.393 e. The van der Waals surface area contributed by atoms with Crippen LogP contribution in [0.3, 0.4) is 0 Å². The Kier molecular flexibility index (Phi) is 3.53. The van der Waals surface area contributed by atoms with Gasteiger partial charge in [0.25, 0.3) is 0 Å². The quantitative estimate of drug-likeness (QED) is 0.670. The number of hydrogen-bond acceptors (Lipinski definition) is 2. The first kappa shape index (κ1) is 10.0. The lowest BCUT2D eigenvalue weighted by molar-refractivity contribution is 0.0414. The minimum Gasteiger partial charge on any atom is -0.393 e. The third-order valence-corrected chi connectivity index (χ3v) is 2.94. The van der Waals surface area contributed by atoms with Crippen molar-refractivity contribution < 1.29 is 5.11 Å². The smallest absolute Gasteiger partial charge is 0.0546 e. The zero-order chi connectivity index (χ0) is 9.14. The van der Waals surface area contributed by atoms with Gasteiger partial charge in [-0.15, -0.1) is 0 Å². The van der Waals surface area contributed by atoms with E-state index in [9.17, 15) is 0 Å². The van der Waals surface area contributed by atoms with Crippen LogP contribution in [-0.2, 0) is 0 Å². The van der Waals surface area contributed by atoms with Crippen molar-refractivity contribution in [3.8, 4) is 0 Å². The maximum atomic E-state index is 9.06. The van der Waals surface area contributed by atoms with Crippen molar-refractivity contribution in [2.24, 2.45) is 11.8 Å². The zero-order valence-electron chi connectivity index (χ0n) is 8.38. The Balaban J connectivity index is 2.02. The predicted molar refractivity (Wildman–Crippen MR) is 51.0 cm³/mol. The summed E-state index contributed by atoms with van der Waals surface area (Å²) in [5.74, 6) is 1.43. The summed E-state index contributed by atoms with van der Waals surface area (Å²) in [6.07, 6.45) is 1.99. The average Bonchev–Trinajstić information content (AvgIpc) is 1.95. The van der Waals surface area contributed by atoms with Crippen LogP contribution in [0, 0.1) is 11.8 Å². The van der Waals surface area contributed by atoms with Crippen LogP contribution >= 0.6 is 0 Å². The molecule has 1 aliphatic rings. The molecule has 0 aromatic carbocycles. The molecule has 0 aliphatic heterocycles. The summed E-state index contributed by atoms with van der Waals surface area (Å²) >= 11 is 0. The van der Waals surface area contributed by atoms with Crippen molar-refractivity contribution in [3.63, 3.8) is 0 Å². The van der Waals surface area contributed by atoms with E-state index in [1.54, 1.807) is 0 Å². The Labute approximate surface area is 75.4 Å². The summed E-state index contributed by atoms with van der Waals surface area (Å²) in [5, 5.41) is 12.6. The van der Waals surface area contributed by atoms with Crippen LogP contribution in [0.2, 0.25) is 0 Å². The van der Waals surface area contributed by atoms with Crippen LogP contribution < -0.4 is 5.32 Å². The van der Waals surface area contributed by atoms with E-state index in [4.69, 9.17) is 5.11 Å². The van der Waals surface area contributed by atoms with Crippen LogP contribution in [0.4, 0.5) is 0 Å². The molecule has 72 valence electrons. The third kappa shape index (κ3) is 2.76. The van der Waals surface area contributed by atoms with E-state index in [2.05, 4.69) is 26.1 Å². The van der Waals surface area contributed by atoms with Crippen LogP contribution in [0.1, 0.15) is 33.6 Å². The van der Waals surface area contributed by atoms with Gasteiger partial charge in [-0.3, -0.25) is 0 Å². The Hall–Kier alpha value is -0.0800. The highest BCUT2D eigenvalue weighted by molar-refractivity contribution is 4.81. The fourth-order valence-corrected chi connectivity index (χ4v) is 1.46. The van der Waals surface area contributed by atoms with Gasteiger partial charge in [0.05, 0.1) is 6.10 Å². The average molecular weight is 171 g/mol. The minimum atomic E-state index is -0.00819. The molecule has 2 heteroatoms. The van der Waals surface area contributed by atoms with Gasteiger partial charge in [-0.1, -0.05) is 13.8 Å². The Morgan fingerprint density at radius 1 is 1.33 bits per heavy atom. The molecule has 12 heavy (non-hydrogen) atoms. The van der Waals surface area contributed by atoms with Crippen LogP contribution in [0.25, 0.3) is 0 Å². The molecule has 0 spiro atoms. The standard InChI is InChI=1S/C10H21NO/c1-7(2)8(3)11-6-9-4-10(12)5-9/h7-12H,4-6H2,1-3H3. The van der Waals surface area contributed by atoms with Crippen LogP contribution in [0.15, 0.2) is 0 Å². The second kappa shape index (κ2) is 4.24. The summed E-state index contributed by atoms with van der Waals surface area (Å²) < 4.78 is 0. The molecule has 2 N–H and O–H groups in total.